The topological polar surface area (TPSA) is 16.2 Å². The Hall–Kier alpha value is -10.9. The van der Waals surface area contributed by atoms with Gasteiger partial charge in [0.2, 0.25) is 6.71 Å². The molecule has 0 bridgehead atoms. The van der Waals surface area contributed by atoms with Gasteiger partial charge in [-0.3, -0.25) is 0 Å². The Balaban J connectivity index is 0.926. The molecule has 4 aliphatic rings. The summed E-state index contributed by atoms with van der Waals surface area (Å²) in [6, 6.07) is 119. The minimum atomic E-state index is -0.123. The summed E-state index contributed by atoms with van der Waals surface area (Å²) in [6.45, 7) is -0.183. The fourth-order valence-electron chi connectivity index (χ4n) is 14.7. The predicted molar refractivity (Wildman–Crippen MR) is 375 cm³/mol. The van der Waals surface area contributed by atoms with E-state index in [1.54, 1.807) is 0 Å². The van der Waals surface area contributed by atoms with Gasteiger partial charge in [-0.2, -0.15) is 0 Å². The van der Waals surface area contributed by atoms with Crippen molar-refractivity contribution in [3.8, 4) is 0 Å². The molecule has 0 unspecified atom stereocenters. The zero-order valence-electron chi connectivity index (χ0n) is 47.9. The molecule has 8 heteroatoms. The van der Waals surface area contributed by atoms with Gasteiger partial charge in [-0.1, -0.05) is 199 Å². The maximum atomic E-state index is 2.64. The zero-order valence-corrected chi connectivity index (χ0v) is 48.7. The van der Waals surface area contributed by atoms with Crippen molar-refractivity contribution in [1.82, 2.24) is 0 Å². The lowest BCUT2D eigenvalue weighted by molar-refractivity contribution is 1.24. The van der Waals surface area contributed by atoms with Crippen molar-refractivity contribution in [2.75, 3.05) is 24.5 Å². The Labute approximate surface area is 517 Å². The smallest absolute Gasteiger partial charge is 0.252 e. The average molecular weight is 1140 g/mol. The Bertz CT molecular complexity index is 4960. The SMILES string of the molecule is c1ccc(N(c2ccccc2)c2ccc3c4c5c(cc3c2)N(c2ccccc2)c2cc3c(cc2B5c2ccccc2S4)B2c4ccccc4N(c4ccccc4)c4c2c(cc2cc(N(c5ccccc5)c5ccccc5)ccc42)N3c2ccccc2)cc1. The highest BCUT2D eigenvalue weighted by Gasteiger charge is 2.48. The van der Waals surface area contributed by atoms with Gasteiger partial charge in [0.25, 0.3) is 6.71 Å². The third-order valence-corrected chi connectivity index (χ3v) is 19.6. The number of para-hydroxylation sites is 8. The molecule has 0 aliphatic carbocycles. The maximum Gasteiger partial charge on any atom is 0.252 e. The van der Waals surface area contributed by atoms with Gasteiger partial charge in [0.05, 0.1) is 5.69 Å². The van der Waals surface area contributed by atoms with E-state index in [-0.39, 0.29) is 13.4 Å². The van der Waals surface area contributed by atoms with Crippen LogP contribution in [0.3, 0.4) is 0 Å². The van der Waals surface area contributed by atoms with Crippen LogP contribution >= 0.6 is 11.8 Å². The average Bonchev–Trinajstić information content (AvgIpc) is 0.694. The maximum absolute atomic E-state index is 2.64. The lowest BCUT2D eigenvalue weighted by Gasteiger charge is -2.46. The summed E-state index contributed by atoms with van der Waals surface area (Å²) >= 11 is 1.92. The largest absolute Gasteiger partial charge is 0.311 e. The van der Waals surface area contributed by atoms with E-state index < -0.39 is 0 Å². The van der Waals surface area contributed by atoms with E-state index in [9.17, 15) is 0 Å². The van der Waals surface area contributed by atoms with Crippen LogP contribution in [0.4, 0.5) is 85.3 Å². The molecule has 0 amide bonds. The molecular weight excluding hydrogens is 1080 g/mol. The van der Waals surface area contributed by atoms with E-state index in [0.29, 0.717) is 0 Å². The molecule has 410 valence electrons. The van der Waals surface area contributed by atoms with Gasteiger partial charge in [-0.25, -0.2) is 0 Å². The van der Waals surface area contributed by atoms with E-state index >= 15 is 0 Å². The molecule has 0 saturated carbocycles. The van der Waals surface area contributed by atoms with E-state index in [1.807, 2.05) is 11.8 Å². The van der Waals surface area contributed by atoms with E-state index in [2.05, 4.69) is 346 Å². The Morgan fingerprint density at radius 3 is 1.17 bits per heavy atom. The monoisotopic (exact) mass is 1140 g/mol. The molecule has 0 N–H and O–H groups in total. The van der Waals surface area contributed by atoms with Gasteiger partial charge in [-0.15, -0.1) is 0 Å². The van der Waals surface area contributed by atoms with Crippen LogP contribution in [0.5, 0.6) is 0 Å². The number of anilines is 15. The molecule has 0 fully saturated rings. The first-order valence-corrected chi connectivity index (χ1v) is 31.1. The van der Waals surface area contributed by atoms with Gasteiger partial charge >= 0.3 is 0 Å². The molecule has 14 aromatic rings. The van der Waals surface area contributed by atoms with Crippen LogP contribution in [0.15, 0.2) is 331 Å². The number of nitrogens with zero attached hydrogens (tertiary/aromatic N) is 5. The van der Waals surface area contributed by atoms with Crippen LogP contribution in [-0.2, 0) is 0 Å². The van der Waals surface area contributed by atoms with E-state index in [0.717, 1.165) is 67.9 Å². The Kier molecular flexibility index (Phi) is 11.7. The second-order valence-corrected chi connectivity index (χ2v) is 24.2. The highest BCUT2D eigenvalue weighted by Crippen LogP contribution is 2.52. The number of benzene rings is 14. The molecule has 0 radical (unpaired) electrons. The third-order valence-electron chi connectivity index (χ3n) is 18.3. The number of hydrogen-bond donors (Lipinski definition) is 0. The van der Waals surface area contributed by atoms with Crippen molar-refractivity contribution in [2.24, 2.45) is 0 Å². The second kappa shape index (κ2) is 20.4. The van der Waals surface area contributed by atoms with Crippen molar-refractivity contribution in [3.63, 3.8) is 0 Å². The standard InChI is InChI=1S/C80H53B2N5S/c1-8-26-56(27-9-1)83(57-28-10-2-11-29-57)63-44-46-65-54(48-63)50-74-77-79(65)87(62-38-20-7-21-39-62)71-42-24-22-40-67(71)81(77)69-52-70-73(53-72(69)85(74)60-34-16-5-17-35-60)86(61-36-18-6-19-37-61)75-51-55-49-64(84(58-30-12-3-13-31-58)59-32-14-4-15-33-59)45-47-66(55)80-78(75)82(70)68-41-23-25-43-76(68)88-80/h1-53H. The quantitative estimate of drug-likeness (QED) is 0.133. The van der Waals surface area contributed by atoms with Crippen molar-refractivity contribution < 1.29 is 0 Å². The number of fused-ring (bicyclic) bond motifs is 12. The van der Waals surface area contributed by atoms with Crippen LogP contribution in [0.2, 0.25) is 0 Å². The highest BCUT2D eigenvalue weighted by molar-refractivity contribution is 8.00. The van der Waals surface area contributed by atoms with Gasteiger partial charge in [0.1, 0.15) is 0 Å². The fraction of sp³-hybridized carbons (Fsp3) is 0. The molecule has 88 heavy (non-hydrogen) atoms. The molecule has 4 heterocycles. The molecule has 0 aromatic heterocycles. The third kappa shape index (κ3) is 7.85. The van der Waals surface area contributed by atoms with Gasteiger partial charge in [0, 0.05) is 94.8 Å². The minimum Gasteiger partial charge on any atom is -0.311 e. The fourth-order valence-corrected chi connectivity index (χ4v) is 16.0. The number of hydrogen-bond acceptors (Lipinski definition) is 6. The molecule has 18 rings (SSSR count). The first kappa shape index (κ1) is 50.4. The van der Waals surface area contributed by atoms with Gasteiger partial charge < -0.3 is 24.5 Å². The summed E-state index contributed by atoms with van der Waals surface area (Å²) in [5, 5.41) is 4.79. The van der Waals surface area contributed by atoms with Crippen molar-refractivity contribution in [2.45, 2.75) is 9.79 Å². The normalized spacial score (nSPS) is 13.1. The summed E-state index contributed by atoms with van der Waals surface area (Å²) in [5.41, 5.74) is 24.9. The molecule has 0 spiro atoms. The Morgan fingerprint density at radius 2 is 0.659 bits per heavy atom. The first-order chi connectivity index (χ1) is 43.7. The van der Waals surface area contributed by atoms with Crippen molar-refractivity contribution in [1.29, 1.82) is 0 Å². The van der Waals surface area contributed by atoms with Crippen LogP contribution in [-0.4, -0.2) is 13.4 Å². The zero-order chi connectivity index (χ0) is 57.8. The molecular formula is C80H53B2N5S. The molecule has 0 saturated heterocycles. The predicted octanol–water partition coefficient (Wildman–Crippen LogP) is 17.8. The minimum absolute atomic E-state index is 0.0604. The van der Waals surface area contributed by atoms with Crippen LogP contribution in [0.25, 0.3) is 21.5 Å². The lowest BCUT2D eigenvalue weighted by atomic mass is 9.30. The summed E-state index contributed by atoms with van der Waals surface area (Å²) in [7, 11) is 0. The first-order valence-electron chi connectivity index (χ1n) is 30.3. The summed E-state index contributed by atoms with van der Waals surface area (Å²) in [6.07, 6.45) is 0. The van der Waals surface area contributed by atoms with Gasteiger partial charge in [0.15, 0.2) is 0 Å². The number of rotatable bonds is 9. The molecule has 0 atom stereocenters. The Morgan fingerprint density at radius 1 is 0.261 bits per heavy atom. The van der Waals surface area contributed by atoms with Crippen molar-refractivity contribution in [3.05, 3.63) is 322 Å². The van der Waals surface area contributed by atoms with Gasteiger partial charge in [-0.05, 0) is 183 Å². The summed E-state index contributed by atoms with van der Waals surface area (Å²) < 4.78 is 0. The summed E-state index contributed by atoms with van der Waals surface area (Å²) in [4.78, 5) is 15.1. The lowest BCUT2D eigenvalue weighted by Crippen LogP contribution is -2.64. The highest BCUT2D eigenvalue weighted by atomic mass is 32.2. The van der Waals surface area contributed by atoms with E-state index in [1.165, 1.54) is 81.5 Å². The molecule has 14 aromatic carbocycles. The van der Waals surface area contributed by atoms with Crippen LogP contribution in [0.1, 0.15) is 0 Å². The second-order valence-electron chi connectivity index (χ2n) is 23.2. The molecule has 4 aliphatic heterocycles. The van der Waals surface area contributed by atoms with Crippen LogP contribution < -0.4 is 57.3 Å². The van der Waals surface area contributed by atoms with E-state index in [4.69, 9.17) is 0 Å². The summed E-state index contributed by atoms with van der Waals surface area (Å²) in [5.74, 6) is 0. The molecule has 5 nitrogen and oxygen atoms in total. The van der Waals surface area contributed by atoms with Crippen molar-refractivity contribution >= 4 is 165 Å². The van der Waals surface area contributed by atoms with Crippen LogP contribution in [0, 0.1) is 0 Å².